The molecule has 0 radical (unpaired) electrons. The van der Waals surface area contributed by atoms with Crippen LogP contribution in [-0.4, -0.2) is 24.7 Å². The van der Waals surface area contributed by atoms with Crippen molar-refractivity contribution in [2.24, 2.45) is 5.92 Å². The highest BCUT2D eigenvalue weighted by Gasteiger charge is 2.09. The number of hydrogen-bond donors (Lipinski definition) is 2. The van der Waals surface area contributed by atoms with Crippen molar-refractivity contribution in [1.82, 2.24) is 5.32 Å². The van der Waals surface area contributed by atoms with Gasteiger partial charge in [0.05, 0.1) is 13.7 Å². The van der Waals surface area contributed by atoms with E-state index in [1.165, 1.54) is 0 Å². The normalized spacial score (nSPS) is 10.2. The van der Waals surface area contributed by atoms with Gasteiger partial charge in [-0.3, -0.25) is 10.1 Å². The summed E-state index contributed by atoms with van der Waals surface area (Å²) < 4.78 is 10.7. The van der Waals surface area contributed by atoms with Crippen molar-refractivity contribution >= 4 is 28.9 Å². The highest BCUT2D eigenvalue weighted by Crippen LogP contribution is 2.16. The third-order valence-electron chi connectivity index (χ3n) is 3.25. The molecule has 2 N–H and O–H groups in total. The number of carbonyl (C=O) groups excluding carboxylic acids is 1. The van der Waals surface area contributed by atoms with Gasteiger partial charge in [-0.2, -0.15) is 0 Å². The molecule has 0 spiro atoms. The van der Waals surface area contributed by atoms with Crippen LogP contribution in [0.4, 0.5) is 5.69 Å². The van der Waals surface area contributed by atoms with Crippen molar-refractivity contribution in [3.63, 3.8) is 0 Å². The molecule has 0 bridgehead atoms. The van der Waals surface area contributed by atoms with Gasteiger partial charge in [-0.25, -0.2) is 0 Å². The van der Waals surface area contributed by atoms with Crippen molar-refractivity contribution in [2.45, 2.75) is 13.8 Å². The Morgan fingerprint density at radius 1 is 1.12 bits per heavy atom. The Kier molecular flexibility index (Phi) is 6.77. The first kappa shape index (κ1) is 18.7. The van der Waals surface area contributed by atoms with Gasteiger partial charge < -0.3 is 14.8 Å². The molecule has 0 atom stereocenters. The van der Waals surface area contributed by atoms with Crippen LogP contribution in [0.15, 0.2) is 48.5 Å². The van der Waals surface area contributed by atoms with E-state index in [-0.39, 0.29) is 11.0 Å². The molecular weight excluding hydrogens is 336 g/mol. The third-order valence-corrected chi connectivity index (χ3v) is 3.46. The molecule has 5 nitrogen and oxygen atoms in total. The van der Waals surface area contributed by atoms with E-state index in [1.54, 1.807) is 25.3 Å². The van der Waals surface area contributed by atoms with Crippen LogP contribution in [-0.2, 0) is 0 Å². The van der Waals surface area contributed by atoms with Gasteiger partial charge in [0.1, 0.15) is 11.5 Å². The molecule has 0 heterocycles. The van der Waals surface area contributed by atoms with Crippen LogP contribution < -0.4 is 20.1 Å². The Balaban J connectivity index is 1.93. The van der Waals surface area contributed by atoms with E-state index in [4.69, 9.17) is 21.7 Å². The lowest BCUT2D eigenvalue weighted by molar-refractivity contribution is 0.0977. The van der Waals surface area contributed by atoms with Crippen LogP contribution in [0.3, 0.4) is 0 Å². The summed E-state index contributed by atoms with van der Waals surface area (Å²) in [7, 11) is 1.60. The molecule has 25 heavy (non-hydrogen) atoms. The molecule has 132 valence electrons. The third kappa shape index (κ3) is 6.08. The fourth-order valence-electron chi connectivity index (χ4n) is 2.00. The summed E-state index contributed by atoms with van der Waals surface area (Å²) in [5.74, 6) is 1.54. The first-order valence-electron chi connectivity index (χ1n) is 7.97. The average molecular weight is 358 g/mol. The predicted molar refractivity (Wildman–Crippen MR) is 103 cm³/mol. The molecule has 0 aromatic heterocycles. The molecule has 0 aliphatic rings. The van der Waals surface area contributed by atoms with Crippen LogP contribution in [0.5, 0.6) is 11.5 Å². The van der Waals surface area contributed by atoms with Crippen LogP contribution in [0.2, 0.25) is 0 Å². The highest BCUT2D eigenvalue weighted by molar-refractivity contribution is 7.80. The summed E-state index contributed by atoms with van der Waals surface area (Å²) in [5, 5.41) is 5.85. The molecule has 0 saturated heterocycles. The lowest BCUT2D eigenvalue weighted by atomic mass is 10.2. The van der Waals surface area contributed by atoms with Gasteiger partial charge >= 0.3 is 0 Å². The van der Waals surface area contributed by atoms with Crippen molar-refractivity contribution in [1.29, 1.82) is 0 Å². The number of amides is 1. The molecule has 6 heteroatoms. The van der Waals surface area contributed by atoms with E-state index in [0.29, 0.717) is 23.8 Å². The van der Waals surface area contributed by atoms with Gasteiger partial charge in [0.2, 0.25) is 0 Å². The first-order chi connectivity index (χ1) is 12.0. The SMILES string of the molecule is COc1ccc(NC(=S)NC(=O)c2cccc(OCC(C)C)c2)cc1. The molecule has 0 aliphatic heterocycles. The second-order valence-electron chi connectivity index (χ2n) is 5.87. The minimum atomic E-state index is -0.291. The predicted octanol–water partition coefficient (Wildman–Crippen LogP) is 3.86. The van der Waals surface area contributed by atoms with E-state index >= 15 is 0 Å². The van der Waals surface area contributed by atoms with E-state index < -0.39 is 0 Å². The smallest absolute Gasteiger partial charge is 0.257 e. The van der Waals surface area contributed by atoms with Crippen molar-refractivity contribution in [3.8, 4) is 11.5 Å². The van der Waals surface area contributed by atoms with Crippen molar-refractivity contribution in [2.75, 3.05) is 19.0 Å². The number of carbonyl (C=O) groups is 1. The van der Waals surface area contributed by atoms with Crippen LogP contribution in [0.1, 0.15) is 24.2 Å². The second kappa shape index (κ2) is 9.03. The Labute approximate surface area is 153 Å². The topological polar surface area (TPSA) is 59.6 Å². The highest BCUT2D eigenvalue weighted by atomic mass is 32.1. The van der Waals surface area contributed by atoms with Crippen LogP contribution in [0, 0.1) is 5.92 Å². The summed E-state index contributed by atoms with van der Waals surface area (Å²) >= 11 is 5.19. The number of anilines is 1. The van der Waals surface area contributed by atoms with Crippen LogP contribution in [0.25, 0.3) is 0 Å². The lowest BCUT2D eigenvalue weighted by Gasteiger charge is -2.12. The average Bonchev–Trinajstić information content (AvgIpc) is 2.60. The van der Waals surface area contributed by atoms with Gasteiger partial charge in [-0.05, 0) is 60.6 Å². The van der Waals surface area contributed by atoms with E-state index in [1.807, 2.05) is 30.3 Å². The largest absolute Gasteiger partial charge is 0.497 e. The fourth-order valence-corrected chi connectivity index (χ4v) is 2.21. The zero-order valence-corrected chi connectivity index (χ0v) is 15.4. The molecule has 0 unspecified atom stereocenters. The second-order valence-corrected chi connectivity index (χ2v) is 6.28. The molecule has 0 saturated carbocycles. The maximum atomic E-state index is 12.3. The molecule has 2 aromatic carbocycles. The van der Waals surface area contributed by atoms with Gasteiger partial charge in [0.25, 0.3) is 5.91 Å². The quantitative estimate of drug-likeness (QED) is 0.768. The first-order valence-corrected chi connectivity index (χ1v) is 8.38. The Morgan fingerprint density at radius 2 is 1.84 bits per heavy atom. The van der Waals surface area contributed by atoms with Gasteiger partial charge in [-0.15, -0.1) is 0 Å². The molecule has 2 aromatic rings. The molecule has 0 fully saturated rings. The number of methoxy groups -OCH3 is 1. The molecule has 2 rings (SSSR count). The number of thiocarbonyl (C=S) groups is 1. The standard InChI is InChI=1S/C19H22N2O3S/c1-13(2)12-24-17-6-4-5-14(11-17)18(22)21-19(25)20-15-7-9-16(23-3)10-8-15/h4-11,13H,12H2,1-3H3,(H2,20,21,22,25). The number of nitrogens with one attached hydrogen (secondary N) is 2. The number of hydrogen-bond acceptors (Lipinski definition) is 4. The maximum absolute atomic E-state index is 12.3. The van der Waals surface area contributed by atoms with Gasteiger partial charge in [-0.1, -0.05) is 19.9 Å². The van der Waals surface area contributed by atoms with Crippen molar-refractivity contribution in [3.05, 3.63) is 54.1 Å². The minimum absolute atomic E-state index is 0.226. The fraction of sp³-hybridized carbons (Fsp3) is 0.263. The molecule has 0 aliphatic carbocycles. The van der Waals surface area contributed by atoms with E-state index in [0.717, 1.165) is 11.4 Å². The number of ether oxygens (including phenoxy) is 2. The van der Waals surface area contributed by atoms with Crippen molar-refractivity contribution < 1.29 is 14.3 Å². The van der Waals surface area contributed by atoms with E-state index in [2.05, 4.69) is 24.5 Å². The minimum Gasteiger partial charge on any atom is -0.497 e. The zero-order valence-electron chi connectivity index (χ0n) is 14.5. The summed E-state index contributed by atoms with van der Waals surface area (Å²) in [6.07, 6.45) is 0. The number of rotatable bonds is 6. The Morgan fingerprint density at radius 3 is 2.48 bits per heavy atom. The summed E-state index contributed by atoms with van der Waals surface area (Å²) in [6.45, 7) is 4.74. The maximum Gasteiger partial charge on any atom is 0.257 e. The van der Waals surface area contributed by atoms with E-state index in [9.17, 15) is 4.79 Å². The zero-order chi connectivity index (χ0) is 18.2. The number of benzene rings is 2. The Hall–Kier alpha value is -2.60. The summed E-state index contributed by atoms with van der Waals surface area (Å²) in [4.78, 5) is 12.3. The Bertz CT molecular complexity index is 730. The molecule has 1 amide bonds. The van der Waals surface area contributed by atoms with Gasteiger partial charge in [0.15, 0.2) is 5.11 Å². The summed E-state index contributed by atoms with van der Waals surface area (Å²) in [6, 6.07) is 14.3. The van der Waals surface area contributed by atoms with Crippen LogP contribution >= 0.6 is 12.2 Å². The van der Waals surface area contributed by atoms with Gasteiger partial charge in [0, 0.05) is 11.3 Å². The summed E-state index contributed by atoms with van der Waals surface area (Å²) in [5.41, 5.74) is 1.25. The lowest BCUT2D eigenvalue weighted by Crippen LogP contribution is -2.34. The molecular formula is C19H22N2O3S. The monoisotopic (exact) mass is 358 g/mol.